The number of halogens is 1. The summed E-state index contributed by atoms with van der Waals surface area (Å²) in [5.41, 5.74) is -0.0783. The molecule has 2 heterocycles. The van der Waals surface area contributed by atoms with Gasteiger partial charge in [-0.05, 0) is 6.42 Å². The van der Waals surface area contributed by atoms with Crippen LogP contribution in [0.15, 0.2) is 11.0 Å². The maximum absolute atomic E-state index is 12.6. The highest BCUT2D eigenvalue weighted by molar-refractivity contribution is 9.09. The van der Waals surface area contributed by atoms with Crippen LogP contribution < -0.4 is 11.0 Å². The van der Waals surface area contributed by atoms with E-state index in [1.807, 2.05) is 6.92 Å². The molecule has 0 saturated carbocycles. The second-order valence-electron chi connectivity index (χ2n) is 6.23. The van der Waals surface area contributed by atoms with E-state index in [0.717, 1.165) is 0 Å². The molecular weight excluding hydrogens is 438 g/mol. The molecule has 1 aliphatic heterocycles. The van der Waals surface area contributed by atoms with Crippen molar-refractivity contribution in [1.29, 1.82) is 0 Å². The molecule has 0 aliphatic carbocycles. The summed E-state index contributed by atoms with van der Waals surface area (Å²) in [5, 5.41) is 2.52. The van der Waals surface area contributed by atoms with Gasteiger partial charge < -0.3 is 19.5 Å². The molecular formula is C17H22BrN3O7. The van der Waals surface area contributed by atoms with Crippen molar-refractivity contribution in [1.82, 2.24) is 9.55 Å². The lowest BCUT2D eigenvalue weighted by molar-refractivity contribution is -0.153. The molecule has 28 heavy (non-hydrogen) atoms. The molecule has 2 rings (SSSR count). The number of alkyl halides is 1. The first kappa shape index (κ1) is 22.0. The zero-order valence-corrected chi connectivity index (χ0v) is 17.5. The Balaban J connectivity index is 2.41. The minimum Gasteiger partial charge on any atom is -0.463 e. The van der Waals surface area contributed by atoms with Crippen molar-refractivity contribution in [2.75, 3.05) is 11.9 Å². The van der Waals surface area contributed by atoms with Crippen molar-refractivity contribution in [2.24, 2.45) is 0 Å². The average molecular weight is 460 g/mol. The number of carbonyl (C=O) groups is 3. The summed E-state index contributed by atoms with van der Waals surface area (Å²) in [5.74, 6) is -1.22. The van der Waals surface area contributed by atoms with Gasteiger partial charge in [0.05, 0.1) is 4.83 Å². The van der Waals surface area contributed by atoms with E-state index in [1.165, 1.54) is 31.5 Å². The van der Waals surface area contributed by atoms with E-state index in [2.05, 4.69) is 26.2 Å². The number of nitrogens with zero attached hydrogens (tertiary/aromatic N) is 2. The molecule has 0 unspecified atom stereocenters. The molecule has 10 nitrogen and oxygen atoms in total. The first-order chi connectivity index (χ1) is 13.1. The predicted octanol–water partition coefficient (Wildman–Crippen LogP) is 0.920. The van der Waals surface area contributed by atoms with Crippen molar-refractivity contribution in [3.8, 4) is 0 Å². The van der Waals surface area contributed by atoms with Crippen LogP contribution in [0.4, 0.5) is 5.82 Å². The molecule has 0 bridgehead atoms. The minimum absolute atomic E-state index is 0.0771. The van der Waals surface area contributed by atoms with Crippen molar-refractivity contribution in [3.05, 3.63) is 22.2 Å². The summed E-state index contributed by atoms with van der Waals surface area (Å²) in [7, 11) is 0. The highest BCUT2D eigenvalue weighted by atomic mass is 79.9. The Hall–Kier alpha value is -2.27. The lowest BCUT2D eigenvalue weighted by atomic mass is 10.2. The van der Waals surface area contributed by atoms with Gasteiger partial charge in [-0.25, -0.2) is 4.79 Å². The van der Waals surface area contributed by atoms with Gasteiger partial charge in [-0.15, -0.1) is 0 Å². The Morgan fingerprint density at radius 2 is 1.96 bits per heavy atom. The summed E-state index contributed by atoms with van der Waals surface area (Å²) in [6, 6.07) is 0. The minimum atomic E-state index is -0.981. The first-order valence-corrected chi connectivity index (χ1v) is 9.55. The predicted molar refractivity (Wildman–Crippen MR) is 101 cm³/mol. The summed E-state index contributed by atoms with van der Waals surface area (Å²) >= 11 is 3.41. The first-order valence-electron chi connectivity index (χ1n) is 8.63. The molecule has 1 amide bonds. The normalized spacial score (nSPS) is 23.9. The summed E-state index contributed by atoms with van der Waals surface area (Å²) in [6.45, 7) is 5.59. The van der Waals surface area contributed by atoms with Crippen molar-refractivity contribution in [2.45, 2.75) is 57.4 Å². The number of aromatic nitrogens is 2. The molecule has 1 N–H and O–H groups in total. The van der Waals surface area contributed by atoms with Gasteiger partial charge in [0.2, 0.25) is 5.91 Å². The van der Waals surface area contributed by atoms with E-state index in [4.69, 9.17) is 14.2 Å². The highest BCUT2D eigenvalue weighted by Crippen LogP contribution is 2.36. The van der Waals surface area contributed by atoms with Gasteiger partial charge in [-0.2, -0.15) is 4.98 Å². The topological polar surface area (TPSA) is 126 Å². The Morgan fingerprint density at radius 3 is 2.50 bits per heavy atom. The molecule has 0 aromatic carbocycles. The number of anilines is 1. The number of ether oxygens (including phenoxy) is 3. The number of hydrogen-bond donors (Lipinski definition) is 1. The second-order valence-corrected chi connectivity index (χ2v) is 7.28. The Bertz CT molecular complexity index is 825. The van der Waals surface area contributed by atoms with Crippen LogP contribution >= 0.6 is 15.9 Å². The second kappa shape index (κ2) is 9.28. The quantitative estimate of drug-likeness (QED) is 0.491. The smallest absolute Gasteiger partial charge is 0.351 e. The Kier molecular flexibility index (Phi) is 7.30. The van der Waals surface area contributed by atoms with Crippen LogP contribution in [-0.2, 0) is 35.0 Å². The van der Waals surface area contributed by atoms with E-state index in [1.54, 1.807) is 0 Å². The van der Waals surface area contributed by atoms with Gasteiger partial charge in [0.25, 0.3) is 0 Å². The van der Waals surface area contributed by atoms with Crippen LogP contribution in [0.25, 0.3) is 0 Å². The Morgan fingerprint density at radius 1 is 1.29 bits per heavy atom. The SMILES string of the molecule is CCc1cn([C@@H]2O[C@H](COC(C)=O)[C@H](Br)[C@H]2OC(C)=O)c(=O)nc1NC(C)=O. The number of esters is 2. The maximum atomic E-state index is 12.6. The van der Waals surface area contributed by atoms with Crippen LogP contribution in [0.1, 0.15) is 39.5 Å². The summed E-state index contributed by atoms with van der Waals surface area (Å²) < 4.78 is 17.4. The molecule has 1 aromatic heterocycles. The fraction of sp³-hybridized carbons (Fsp3) is 0.588. The highest BCUT2D eigenvalue weighted by Gasteiger charge is 2.47. The Labute approximate surface area is 169 Å². The molecule has 154 valence electrons. The van der Waals surface area contributed by atoms with E-state index >= 15 is 0 Å². The number of nitrogens with one attached hydrogen (secondary N) is 1. The summed E-state index contributed by atoms with van der Waals surface area (Å²) in [4.78, 5) is 49.9. The standard InChI is InChI=1S/C17H22BrN3O7/c1-5-11-6-21(17(25)20-15(11)19-8(2)22)16-14(27-10(4)24)13(18)12(28-16)7-26-9(3)23/h6,12-14,16H,5,7H2,1-4H3,(H,19,20,22,25)/t12-,13+,14-,16-/m1/s1. The van der Waals surface area contributed by atoms with Gasteiger partial charge in [0.1, 0.15) is 18.5 Å². The van der Waals surface area contributed by atoms with Crippen molar-refractivity contribution >= 4 is 39.6 Å². The maximum Gasteiger partial charge on any atom is 0.351 e. The third-order valence-electron chi connectivity index (χ3n) is 3.99. The van der Waals surface area contributed by atoms with E-state index in [-0.39, 0.29) is 18.3 Å². The molecule has 1 saturated heterocycles. The molecule has 0 radical (unpaired) electrons. The lowest BCUT2D eigenvalue weighted by Gasteiger charge is -2.22. The largest absolute Gasteiger partial charge is 0.463 e. The van der Waals surface area contributed by atoms with Crippen LogP contribution in [0, 0.1) is 0 Å². The zero-order chi connectivity index (χ0) is 21.0. The van der Waals surface area contributed by atoms with Gasteiger partial charge in [-0.1, -0.05) is 22.9 Å². The van der Waals surface area contributed by atoms with Gasteiger partial charge in [0, 0.05) is 32.5 Å². The van der Waals surface area contributed by atoms with E-state index < -0.39 is 40.9 Å². The zero-order valence-electron chi connectivity index (χ0n) is 15.9. The number of carbonyl (C=O) groups excluding carboxylic acids is 3. The van der Waals surface area contributed by atoms with E-state index in [9.17, 15) is 19.2 Å². The van der Waals surface area contributed by atoms with Gasteiger partial charge >= 0.3 is 17.6 Å². The van der Waals surface area contributed by atoms with Crippen molar-refractivity contribution in [3.63, 3.8) is 0 Å². The fourth-order valence-corrected chi connectivity index (χ4v) is 3.44. The number of aryl methyl sites for hydroxylation is 1. The van der Waals surface area contributed by atoms with Gasteiger partial charge in [-0.3, -0.25) is 19.0 Å². The number of rotatable bonds is 6. The molecule has 1 aliphatic rings. The van der Waals surface area contributed by atoms with Crippen LogP contribution in [-0.4, -0.2) is 51.0 Å². The molecule has 1 aromatic rings. The van der Waals surface area contributed by atoms with Crippen LogP contribution in [0.3, 0.4) is 0 Å². The van der Waals surface area contributed by atoms with Crippen LogP contribution in [0.5, 0.6) is 0 Å². The average Bonchev–Trinajstić information content (AvgIpc) is 2.88. The molecule has 11 heteroatoms. The number of amides is 1. The third kappa shape index (κ3) is 5.16. The third-order valence-corrected chi connectivity index (χ3v) is 5.10. The molecule has 4 atom stereocenters. The lowest BCUT2D eigenvalue weighted by Crippen LogP contribution is -2.37. The fourth-order valence-electron chi connectivity index (χ4n) is 2.80. The van der Waals surface area contributed by atoms with Gasteiger partial charge in [0.15, 0.2) is 12.3 Å². The van der Waals surface area contributed by atoms with E-state index in [0.29, 0.717) is 12.0 Å². The summed E-state index contributed by atoms with van der Waals surface area (Å²) in [6.07, 6.45) is -0.484. The van der Waals surface area contributed by atoms with Crippen LogP contribution in [0.2, 0.25) is 0 Å². The molecule has 0 spiro atoms. The van der Waals surface area contributed by atoms with Crippen molar-refractivity contribution < 1.29 is 28.6 Å². The molecule has 1 fully saturated rings. The monoisotopic (exact) mass is 459 g/mol. The number of hydrogen-bond acceptors (Lipinski definition) is 8.